The number of hydrogen-bond acceptors (Lipinski definition) is 4. The van der Waals surface area contributed by atoms with Crippen molar-refractivity contribution >= 4 is 12.1 Å². The predicted octanol–water partition coefficient (Wildman–Crippen LogP) is 2.67. The summed E-state index contributed by atoms with van der Waals surface area (Å²) in [5, 5.41) is 3.25. The van der Waals surface area contributed by atoms with Crippen molar-refractivity contribution in [2.45, 2.75) is 45.8 Å². The first-order chi connectivity index (χ1) is 12.3. The van der Waals surface area contributed by atoms with Crippen molar-refractivity contribution in [3.05, 3.63) is 29.8 Å². The van der Waals surface area contributed by atoms with E-state index in [0.29, 0.717) is 32.2 Å². The molecule has 1 aromatic carbocycles. The number of likely N-dealkylation sites (N-methyl/N-ethyl adjacent to an activating group) is 1. The number of fused-ring (bicyclic) bond motifs is 1. The van der Waals surface area contributed by atoms with Gasteiger partial charge in [-0.3, -0.25) is 4.99 Å². The quantitative estimate of drug-likeness (QED) is 0.621. The normalized spacial score (nSPS) is 17.1. The summed E-state index contributed by atoms with van der Waals surface area (Å²) in [5.41, 5.74) is 6.61. The number of para-hydroxylation sites is 1. The van der Waals surface area contributed by atoms with Gasteiger partial charge >= 0.3 is 6.09 Å². The van der Waals surface area contributed by atoms with Crippen molar-refractivity contribution in [2.24, 2.45) is 10.7 Å². The Morgan fingerprint density at radius 3 is 2.85 bits per heavy atom. The number of guanidine groups is 1. The number of rotatable bonds is 5. The molecule has 1 heterocycles. The molecule has 7 nitrogen and oxygen atoms in total. The summed E-state index contributed by atoms with van der Waals surface area (Å²) in [6.07, 6.45) is 0.492. The second-order valence-electron chi connectivity index (χ2n) is 7.20. The van der Waals surface area contributed by atoms with Crippen LogP contribution in [0.5, 0.6) is 5.75 Å². The number of nitrogens with one attached hydrogen (secondary N) is 1. The van der Waals surface area contributed by atoms with E-state index in [0.717, 1.165) is 17.7 Å². The van der Waals surface area contributed by atoms with Crippen LogP contribution in [-0.2, 0) is 4.74 Å². The van der Waals surface area contributed by atoms with Gasteiger partial charge in [0.05, 0.1) is 19.2 Å². The first-order valence-electron chi connectivity index (χ1n) is 9.06. The minimum atomic E-state index is -0.509. The van der Waals surface area contributed by atoms with Gasteiger partial charge in [-0.15, -0.1) is 0 Å². The van der Waals surface area contributed by atoms with Gasteiger partial charge in [-0.25, -0.2) is 4.79 Å². The molecule has 144 valence electrons. The maximum absolute atomic E-state index is 12.1. The molecule has 1 amide bonds. The summed E-state index contributed by atoms with van der Waals surface area (Å²) in [4.78, 5) is 18.1. The lowest BCUT2D eigenvalue weighted by atomic mass is 10.0. The number of nitrogens with two attached hydrogens (primary N) is 1. The maximum atomic E-state index is 12.1. The van der Waals surface area contributed by atoms with Crippen molar-refractivity contribution in [3.63, 3.8) is 0 Å². The SMILES string of the molecule is CCN(CCN=C(N)NC1CCOc2ccccc21)C(=O)OC(C)(C)C. The number of hydrogen-bond donors (Lipinski definition) is 2. The molecular weight excluding hydrogens is 332 g/mol. The number of carbonyl (C=O) groups excluding carboxylic acids is 1. The van der Waals surface area contributed by atoms with Crippen LogP contribution in [0.25, 0.3) is 0 Å². The van der Waals surface area contributed by atoms with E-state index in [4.69, 9.17) is 15.2 Å². The van der Waals surface area contributed by atoms with Crippen LogP contribution in [0.2, 0.25) is 0 Å². The molecule has 0 spiro atoms. The molecule has 1 aromatic rings. The first-order valence-corrected chi connectivity index (χ1v) is 9.06. The molecule has 0 saturated carbocycles. The van der Waals surface area contributed by atoms with Gasteiger partial charge in [0.15, 0.2) is 5.96 Å². The second-order valence-corrected chi connectivity index (χ2v) is 7.20. The van der Waals surface area contributed by atoms with Crippen LogP contribution in [-0.4, -0.2) is 48.8 Å². The molecule has 1 unspecified atom stereocenters. The van der Waals surface area contributed by atoms with Crippen LogP contribution in [0.15, 0.2) is 29.3 Å². The highest BCUT2D eigenvalue weighted by Crippen LogP contribution is 2.31. The Morgan fingerprint density at radius 1 is 1.42 bits per heavy atom. The van der Waals surface area contributed by atoms with Gasteiger partial charge in [0.25, 0.3) is 0 Å². The highest BCUT2D eigenvalue weighted by molar-refractivity contribution is 5.78. The molecule has 2 rings (SSSR count). The van der Waals surface area contributed by atoms with Gasteiger partial charge in [-0.05, 0) is 33.8 Å². The maximum Gasteiger partial charge on any atom is 0.410 e. The van der Waals surface area contributed by atoms with Crippen LogP contribution in [0.4, 0.5) is 4.79 Å². The third-order valence-corrected chi connectivity index (χ3v) is 3.97. The summed E-state index contributed by atoms with van der Waals surface area (Å²) >= 11 is 0. The van der Waals surface area contributed by atoms with Gasteiger partial charge in [0.2, 0.25) is 0 Å². The van der Waals surface area contributed by atoms with Crippen molar-refractivity contribution in [3.8, 4) is 5.75 Å². The Bertz CT molecular complexity index is 640. The lowest BCUT2D eigenvalue weighted by Crippen LogP contribution is -2.40. The number of aliphatic imine (C=N–C) groups is 1. The zero-order valence-corrected chi connectivity index (χ0v) is 16.1. The Morgan fingerprint density at radius 2 is 2.15 bits per heavy atom. The number of benzene rings is 1. The Hall–Kier alpha value is -2.44. The topological polar surface area (TPSA) is 89.2 Å². The number of ether oxygens (including phenoxy) is 2. The summed E-state index contributed by atoms with van der Waals surface area (Å²) < 4.78 is 11.0. The summed E-state index contributed by atoms with van der Waals surface area (Å²) in [6, 6.07) is 8.00. The molecule has 0 saturated heterocycles. The average Bonchev–Trinajstić information content (AvgIpc) is 2.57. The molecule has 1 aliphatic heterocycles. The third-order valence-electron chi connectivity index (χ3n) is 3.97. The van der Waals surface area contributed by atoms with Crippen LogP contribution in [0.3, 0.4) is 0 Å². The number of amides is 1. The van der Waals surface area contributed by atoms with Crippen LogP contribution >= 0.6 is 0 Å². The van der Waals surface area contributed by atoms with E-state index in [1.165, 1.54) is 0 Å². The molecule has 7 heteroatoms. The van der Waals surface area contributed by atoms with Crippen molar-refractivity contribution in [2.75, 3.05) is 26.2 Å². The molecule has 1 aliphatic rings. The Kier molecular flexibility index (Phi) is 6.71. The van der Waals surface area contributed by atoms with Crippen LogP contribution in [0, 0.1) is 0 Å². The molecule has 0 aromatic heterocycles. The molecule has 3 N–H and O–H groups in total. The number of nitrogens with zero attached hydrogens (tertiary/aromatic N) is 2. The van der Waals surface area contributed by atoms with Crippen molar-refractivity contribution < 1.29 is 14.3 Å². The summed E-state index contributed by atoms with van der Waals surface area (Å²) in [7, 11) is 0. The van der Waals surface area contributed by atoms with Crippen LogP contribution in [0.1, 0.15) is 45.7 Å². The summed E-state index contributed by atoms with van der Waals surface area (Å²) in [5.74, 6) is 1.25. The van der Waals surface area contributed by atoms with E-state index in [2.05, 4.69) is 10.3 Å². The first kappa shape index (κ1) is 19.9. The van der Waals surface area contributed by atoms with E-state index in [1.54, 1.807) is 4.90 Å². The van der Waals surface area contributed by atoms with Gasteiger partial charge < -0.3 is 25.4 Å². The average molecular weight is 362 g/mol. The number of carbonyl (C=O) groups is 1. The Labute approximate surface area is 155 Å². The smallest absolute Gasteiger partial charge is 0.410 e. The van der Waals surface area contributed by atoms with Crippen molar-refractivity contribution in [1.29, 1.82) is 0 Å². The highest BCUT2D eigenvalue weighted by atomic mass is 16.6. The molecule has 0 fully saturated rings. The summed E-state index contributed by atoms with van der Waals surface area (Å²) in [6.45, 7) is 9.54. The van der Waals surface area contributed by atoms with Crippen LogP contribution < -0.4 is 15.8 Å². The van der Waals surface area contributed by atoms with E-state index in [1.807, 2.05) is 52.0 Å². The van der Waals surface area contributed by atoms with E-state index < -0.39 is 5.60 Å². The Balaban J connectivity index is 1.87. The largest absolute Gasteiger partial charge is 0.493 e. The van der Waals surface area contributed by atoms with Gasteiger partial charge in [-0.1, -0.05) is 18.2 Å². The van der Waals surface area contributed by atoms with E-state index in [-0.39, 0.29) is 12.1 Å². The monoisotopic (exact) mass is 362 g/mol. The predicted molar refractivity (Wildman–Crippen MR) is 102 cm³/mol. The molecule has 1 atom stereocenters. The fraction of sp³-hybridized carbons (Fsp3) is 0.579. The minimum Gasteiger partial charge on any atom is -0.493 e. The minimum absolute atomic E-state index is 0.0804. The zero-order valence-electron chi connectivity index (χ0n) is 16.1. The second kappa shape index (κ2) is 8.78. The zero-order chi connectivity index (χ0) is 19.2. The van der Waals surface area contributed by atoms with Gasteiger partial charge in [0, 0.05) is 25.1 Å². The van der Waals surface area contributed by atoms with Crippen molar-refractivity contribution in [1.82, 2.24) is 10.2 Å². The highest BCUT2D eigenvalue weighted by Gasteiger charge is 2.22. The van der Waals surface area contributed by atoms with Gasteiger partial charge in [0.1, 0.15) is 11.4 Å². The molecular formula is C19H30N4O3. The van der Waals surface area contributed by atoms with E-state index >= 15 is 0 Å². The lowest BCUT2D eigenvalue weighted by molar-refractivity contribution is 0.0266. The van der Waals surface area contributed by atoms with Gasteiger partial charge in [-0.2, -0.15) is 0 Å². The fourth-order valence-corrected chi connectivity index (χ4v) is 2.71. The molecule has 0 aliphatic carbocycles. The molecule has 26 heavy (non-hydrogen) atoms. The standard InChI is InChI=1S/C19H30N4O3/c1-5-23(18(24)26-19(2,3)4)12-11-21-17(20)22-15-10-13-25-16-9-7-6-8-14(15)16/h6-9,15H,5,10-13H2,1-4H3,(H3,20,21,22). The third kappa shape index (κ3) is 5.82. The van der Waals surface area contributed by atoms with E-state index in [9.17, 15) is 4.79 Å². The fourth-order valence-electron chi connectivity index (χ4n) is 2.71. The lowest BCUT2D eigenvalue weighted by Gasteiger charge is -2.27. The molecule has 0 radical (unpaired) electrons. The molecule has 0 bridgehead atoms.